The Kier molecular flexibility index (Phi) is 4.59. The van der Waals surface area contributed by atoms with Gasteiger partial charge >= 0.3 is 6.09 Å². The van der Waals surface area contributed by atoms with Crippen LogP contribution in [0.3, 0.4) is 0 Å². The largest absolute Gasteiger partial charge is 0.450 e. The Morgan fingerprint density at radius 3 is 2.70 bits per heavy atom. The summed E-state index contributed by atoms with van der Waals surface area (Å²) in [6.45, 7) is 7.37. The quantitative estimate of drug-likeness (QED) is 0.834. The minimum atomic E-state index is -0.216. The normalized spacial score (nSPS) is 16.7. The standard InChI is InChI=1S/C20H25N5O2/c1-4-27-20(26)25-9-7-24(8-10-25)18-5-6-21-17-11-16(14(2)19(17)18)15-12-22-23(3)13-15/h5-6,12-13H,4,7-11H2,1-3H3. The molecule has 7 heteroatoms. The van der Waals surface area contributed by atoms with Gasteiger partial charge in [0.05, 0.1) is 18.5 Å². The number of carbonyl (C=O) groups excluding carboxylic acids is 1. The van der Waals surface area contributed by atoms with Crippen LogP contribution in [0.5, 0.6) is 0 Å². The van der Waals surface area contributed by atoms with Gasteiger partial charge in [0.2, 0.25) is 0 Å². The van der Waals surface area contributed by atoms with Crippen LogP contribution in [0.2, 0.25) is 0 Å². The fourth-order valence-corrected chi connectivity index (χ4v) is 3.99. The molecule has 2 aromatic rings. The first-order valence-electron chi connectivity index (χ1n) is 9.42. The molecule has 2 aliphatic rings. The lowest BCUT2D eigenvalue weighted by Crippen LogP contribution is -2.49. The van der Waals surface area contributed by atoms with Crippen molar-refractivity contribution in [2.24, 2.45) is 7.05 Å². The molecule has 1 saturated heterocycles. The van der Waals surface area contributed by atoms with Crippen LogP contribution in [-0.4, -0.2) is 58.5 Å². The van der Waals surface area contributed by atoms with Crippen LogP contribution in [0.25, 0.3) is 11.1 Å². The number of aryl methyl sites for hydroxylation is 1. The molecule has 142 valence electrons. The zero-order valence-corrected chi connectivity index (χ0v) is 16.1. The van der Waals surface area contributed by atoms with Crippen molar-refractivity contribution in [1.29, 1.82) is 0 Å². The summed E-state index contributed by atoms with van der Waals surface area (Å²) in [5.41, 5.74) is 7.29. The van der Waals surface area contributed by atoms with E-state index in [1.807, 2.05) is 31.0 Å². The summed E-state index contributed by atoms with van der Waals surface area (Å²) in [5, 5.41) is 4.31. The third-order valence-corrected chi connectivity index (χ3v) is 5.38. The smallest absolute Gasteiger partial charge is 0.409 e. The molecule has 0 unspecified atom stereocenters. The summed E-state index contributed by atoms with van der Waals surface area (Å²) >= 11 is 0. The monoisotopic (exact) mass is 367 g/mol. The molecular weight excluding hydrogens is 342 g/mol. The van der Waals surface area contributed by atoms with E-state index in [4.69, 9.17) is 4.74 Å². The molecule has 7 nitrogen and oxygen atoms in total. The van der Waals surface area contributed by atoms with Crippen molar-refractivity contribution in [3.63, 3.8) is 0 Å². The third-order valence-electron chi connectivity index (χ3n) is 5.38. The lowest BCUT2D eigenvalue weighted by atomic mass is 10.0. The van der Waals surface area contributed by atoms with Crippen LogP contribution >= 0.6 is 0 Å². The number of anilines is 1. The molecule has 1 aliphatic heterocycles. The fraction of sp³-hybridized carbons (Fsp3) is 0.450. The van der Waals surface area contributed by atoms with Crippen LogP contribution in [0.15, 0.2) is 24.7 Å². The molecule has 0 aromatic carbocycles. The van der Waals surface area contributed by atoms with Gasteiger partial charge < -0.3 is 14.5 Å². The van der Waals surface area contributed by atoms with E-state index in [9.17, 15) is 4.79 Å². The second kappa shape index (κ2) is 7.06. The van der Waals surface area contributed by atoms with E-state index in [2.05, 4.69) is 34.2 Å². The molecule has 4 rings (SSSR count). The minimum absolute atomic E-state index is 0.216. The number of carbonyl (C=O) groups is 1. The van der Waals surface area contributed by atoms with E-state index in [1.165, 1.54) is 22.4 Å². The molecule has 0 atom stereocenters. The van der Waals surface area contributed by atoms with Crippen LogP contribution in [0, 0.1) is 0 Å². The first kappa shape index (κ1) is 17.6. The first-order valence-corrected chi connectivity index (χ1v) is 9.42. The number of nitrogens with zero attached hydrogens (tertiary/aromatic N) is 5. The summed E-state index contributed by atoms with van der Waals surface area (Å²) in [7, 11) is 1.94. The maximum Gasteiger partial charge on any atom is 0.409 e. The van der Waals surface area contributed by atoms with Crippen molar-refractivity contribution in [1.82, 2.24) is 19.7 Å². The van der Waals surface area contributed by atoms with Crippen molar-refractivity contribution < 1.29 is 9.53 Å². The number of amides is 1. The van der Waals surface area contributed by atoms with Gasteiger partial charge in [0.1, 0.15) is 0 Å². The molecule has 2 aromatic heterocycles. The van der Waals surface area contributed by atoms with Gasteiger partial charge in [-0.05, 0) is 31.1 Å². The molecule has 1 aliphatic carbocycles. The van der Waals surface area contributed by atoms with Gasteiger partial charge in [-0.15, -0.1) is 0 Å². The van der Waals surface area contributed by atoms with Gasteiger partial charge in [0, 0.05) is 68.9 Å². The topological polar surface area (TPSA) is 63.5 Å². The summed E-state index contributed by atoms with van der Waals surface area (Å²) in [6, 6.07) is 2.09. The number of pyridine rings is 1. The highest BCUT2D eigenvalue weighted by Crippen LogP contribution is 2.42. The number of rotatable bonds is 3. The van der Waals surface area contributed by atoms with E-state index in [0.717, 1.165) is 30.8 Å². The number of aromatic nitrogens is 3. The predicted octanol–water partition coefficient (Wildman–Crippen LogP) is 2.58. The number of piperazine rings is 1. The zero-order valence-electron chi connectivity index (χ0n) is 16.1. The highest BCUT2D eigenvalue weighted by atomic mass is 16.6. The molecule has 0 N–H and O–H groups in total. The Balaban J connectivity index is 1.58. The summed E-state index contributed by atoms with van der Waals surface area (Å²) in [4.78, 5) is 20.7. The van der Waals surface area contributed by atoms with E-state index in [0.29, 0.717) is 19.7 Å². The molecule has 3 heterocycles. The van der Waals surface area contributed by atoms with Crippen molar-refractivity contribution in [2.45, 2.75) is 20.3 Å². The van der Waals surface area contributed by atoms with E-state index >= 15 is 0 Å². The minimum Gasteiger partial charge on any atom is -0.450 e. The SMILES string of the molecule is CCOC(=O)N1CCN(c2ccnc3c2C(C)=C(c2cnn(C)c2)C3)CC1. The first-order chi connectivity index (χ1) is 13.1. The van der Waals surface area contributed by atoms with Crippen molar-refractivity contribution in [3.8, 4) is 0 Å². The second-order valence-electron chi connectivity index (χ2n) is 7.01. The second-order valence-corrected chi connectivity index (χ2v) is 7.01. The molecule has 27 heavy (non-hydrogen) atoms. The van der Waals surface area contributed by atoms with Gasteiger partial charge in [-0.25, -0.2) is 4.79 Å². The number of allylic oxidation sites excluding steroid dienone is 2. The molecule has 0 spiro atoms. The van der Waals surface area contributed by atoms with Gasteiger partial charge in [0.15, 0.2) is 0 Å². The Morgan fingerprint density at radius 2 is 2.04 bits per heavy atom. The summed E-state index contributed by atoms with van der Waals surface area (Å²) in [6.07, 6.45) is 6.49. The van der Waals surface area contributed by atoms with Gasteiger partial charge in [-0.1, -0.05) is 0 Å². The van der Waals surface area contributed by atoms with Crippen molar-refractivity contribution in [3.05, 3.63) is 41.5 Å². The average molecular weight is 367 g/mol. The molecular formula is C20H25N5O2. The average Bonchev–Trinajstić information content (AvgIpc) is 3.25. The van der Waals surface area contributed by atoms with Crippen LogP contribution in [0.1, 0.15) is 30.7 Å². The molecule has 0 saturated carbocycles. The van der Waals surface area contributed by atoms with Gasteiger partial charge in [0.25, 0.3) is 0 Å². The van der Waals surface area contributed by atoms with Crippen LogP contribution in [-0.2, 0) is 18.2 Å². The van der Waals surface area contributed by atoms with E-state index in [1.54, 1.807) is 4.90 Å². The van der Waals surface area contributed by atoms with Gasteiger partial charge in [-0.3, -0.25) is 9.67 Å². The third kappa shape index (κ3) is 3.18. The molecule has 1 amide bonds. The summed E-state index contributed by atoms with van der Waals surface area (Å²) < 4.78 is 6.96. The lowest BCUT2D eigenvalue weighted by molar-refractivity contribution is 0.105. The number of hydrogen-bond donors (Lipinski definition) is 0. The van der Waals surface area contributed by atoms with Crippen molar-refractivity contribution in [2.75, 3.05) is 37.7 Å². The maximum absolute atomic E-state index is 11.9. The summed E-state index contributed by atoms with van der Waals surface area (Å²) in [5.74, 6) is 0. The number of fused-ring (bicyclic) bond motifs is 1. The Morgan fingerprint density at radius 1 is 1.26 bits per heavy atom. The fourth-order valence-electron chi connectivity index (χ4n) is 3.99. The predicted molar refractivity (Wildman–Crippen MR) is 104 cm³/mol. The lowest BCUT2D eigenvalue weighted by Gasteiger charge is -2.36. The van der Waals surface area contributed by atoms with Crippen molar-refractivity contribution >= 4 is 22.9 Å². The molecule has 1 fully saturated rings. The highest BCUT2D eigenvalue weighted by Gasteiger charge is 2.28. The van der Waals surface area contributed by atoms with E-state index < -0.39 is 0 Å². The Hall–Kier alpha value is -2.83. The number of ether oxygens (including phenoxy) is 1. The maximum atomic E-state index is 11.9. The van der Waals surface area contributed by atoms with Crippen LogP contribution in [0.4, 0.5) is 10.5 Å². The number of hydrogen-bond acceptors (Lipinski definition) is 5. The van der Waals surface area contributed by atoms with Crippen LogP contribution < -0.4 is 4.90 Å². The zero-order chi connectivity index (χ0) is 19.0. The molecule has 0 bridgehead atoms. The Bertz CT molecular complexity index is 894. The van der Waals surface area contributed by atoms with E-state index in [-0.39, 0.29) is 6.09 Å². The highest BCUT2D eigenvalue weighted by molar-refractivity contribution is 5.99. The Labute approximate surface area is 159 Å². The molecule has 0 radical (unpaired) electrons. The van der Waals surface area contributed by atoms with Gasteiger partial charge in [-0.2, -0.15) is 5.10 Å².